The minimum Gasteiger partial charge on any atom is -0.352 e. The monoisotopic (exact) mass is 368 g/mol. The first kappa shape index (κ1) is 18.4. The summed E-state index contributed by atoms with van der Waals surface area (Å²) >= 11 is 1.75. The van der Waals surface area contributed by atoms with Gasteiger partial charge in [-0.25, -0.2) is 0 Å². The van der Waals surface area contributed by atoms with Gasteiger partial charge < -0.3 is 10.3 Å². The van der Waals surface area contributed by atoms with Crippen molar-refractivity contribution in [1.29, 1.82) is 0 Å². The third-order valence-corrected chi connectivity index (χ3v) is 5.60. The van der Waals surface area contributed by atoms with Crippen LogP contribution in [0.4, 0.5) is 0 Å². The Labute approximate surface area is 157 Å². The number of aromatic nitrogens is 1. The topological polar surface area (TPSA) is 62.0 Å². The number of benzene rings is 1. The number of carbonyl (C=O) groups is 1. The standard InChI is InChI=1S/C21H24N2O2S/c1-14-10-16-12-17(21(25)23-19(16)11-15(14)2)13-22-20(24)8-4-3-6-18-7-5-9-26-18/h5,7,9-12H,3-4,6,8,13H2,1-2H3,(H,22,24)(H,23,25). The van der Waals surface area contributed by atoms with Gasteiger partial charge in [-0.05, 0) is 79.3 Å². The van der Waals surface area contributed by atoms with Crippen molar-refractivity contribution in [2.75, 3.05) is 0 Å². The smallest absolute Gasteiger partial charge is 0.253 e. The zero-order valence-electron chi connectivity index (χ0n) is 15.2. The van der Waals surface area contributed by atoms with E-state index in [2.05, 4.69) is 40.8 Å². The maximum absolute atomic E-state index is 12.2. The van der Waals surface area contributed by atoms with Gasteiger partial charge in [-0.3, -0.25) is 9.59 Å². The number of unbranched alkanes of at least 4 members (excludes halogenated alkanes) is 1. The molecule has 26 heavy (non-hydrogen) atoms. The van der Waals surface area contributed by atoms with Crippen LogP contribution < -0.4 is 10.9 Å². The minimum absolute atomic E-state index is 0.00392. The SMILES string of the molecule is Cc1cc2cc(CNC(=O)CCCCc3cccs3)c(=O)[nH]c2cc1C. The van der Waals surface area contributed by atoms with Crippen LogP contribution in [0.15, 0.2) is 40.5 Å². The molecule has 2 N–H and O–H groups in total. The van der Waals surface area contributed by atoms with Crippen LogP contribution >= 0.6 is 11.3 Å². The molecule has 0 radical (unpaired) electrons. The molecule has 2 heterocycles. The van der Waals surface area contributed by atoms with Gasteiger partial charge in [-0.1, -0.05) is 6.07 Å². The number of aryl methyl sites for hydroxylation is 3. The molecule has 0 aliphatic rings. The van der Waals surface area contributed by atoms with E-state index < -0.39 is 0 Å². The molecule has 2 aromatic heterocycles. The highest BCUT2D eigenvalue weighted by Crippen LogP contribution is 2.17. The van der Waals surface area contributed by atoms with Crippen molar-refractivity contribution >= 4 is 28.1 Å². The van der Waals surface area contributed by atoms with E-state index >= 15 is 0 Å². The van der Waals surface area contributed by atoms with Crippen LogP contribution in [-0.2, 0) is 17.8 Å². The van der Waals surface area contributed by atoms with E-state index in [-0.39, 0.29) is 18.0 Å². The summed E-state index contributed by atoms with van der Waals surface area (Å²) in [4.78, 5) is 28.5. The first-order chi connectivity index (χ1) is 12.5. The Kier molecular flexibility index (Phi) is 5.89. The van der Waals surface area contributed by atoms with E-state index in [0.29, 0.717) is 12.0 Å². The summed E-state index contributed by atoms with van der Waals surface area (Å²) in [7, 11) is 0. The van der Waals surface area contributed by atoms with Gasteiger partial charge in [-0.2, -0.15) is 0 Å². The number of nitrogens with one attached hydrogen (secondary N) is 2. The molecule has 0 fully saturated rings. The maximum atomic E-state index is 12.2. The first-order valence-electron chi connectivity index (χ1n) is 8.95. The van der Waals surface area contributed by atoms with Crippen molar-refractivity contribution < 1.29 is 4.79 Å². The van der Waals surface area contributed by atoms with Crippen LogP contribution in [0.1, 0.15) is 40.8 Å². The number of amides is 1. The average molecular weight is 369 g/mol. The molecule has 0 aliphatic heterocycles. The molecule has 1 amide bonds. The molecule has 0 aliphatic carbocycles. The second-order valence-corrected chi connectivity index (χ2v) is 7.74. The van der Waals surface area contributed by atoms with Crippen molar-refractivity contribution in [1.82, 2.24) is 10.3 Å². The summed E-state index contributed by atoms with van der Waals surface area (Å²) in [6.45, 7) is 4.35. The number of carbonyl (C=O) groups excluding carboxylic acids is 1. The highest BCUT2D eigenvalue weighted by Gasteiger charge is 2.07. The Hall–Kier alpha value is -2.40. The van der Waals surface area contributed by atoms with Gasteiger partial charge in [0.1, 0.15) is 0 Å². The van der Waals surface area contributed by atoms with Gasteiger partial charge in [-0.15, -0.1) is 11.3 Å². The lowest BCUT2D eigenvalue weighted by atomic mass is 10.0. The molecule has 0 atom stereocenters. The first-order valence-corrected chi connectivity index (χ1v) is 9.83. The normalized spacial score (nSPS) is 11.0. The maximum Gasteiger partial charge on any atom is 0.253 e. The van der Waals surface area contributed by atoms with Gasteiger partial charge >= 0.3 is 0 Å². The van der Waals surface area contributed by atoms with E-state index in [0.717, 1.165) is 35.7 Å². The van der Waals surface area contributed by atoms with Gasteiger partial charge in [0.05, 0.1) is 0 Å². The molecular weight excluding hydrogens is 344 g/mol. The van der Waals surface area contributed by atoms with Crippen molar-refractivity contribution in [3.8, 4) is 0 Å². The largest absolute Gasteiger partial charge is 0.352 e. The van der Waals surface area contributed by atoms with Crippen molar-refractivity contribution in [3.05, 3.63) is 67.6 Å². The van der Waals surface area contributed by atoms with Crippen molar-refractivity contribution in [3.63, 3.8) is 0 Å². The summed E-state index contributed by atoms with van der Waals surface area (Å²) in [5.74, 6) is -0.00392. The summed E-state index contributed by atoms with van der Waals surface area (Å²) in [5, 5.41) is 5.94. The lowest BCUT2D eigenvalue weighted by molar-refractivity contribution is -0.121. The zero-order valence-corrected chi connectivity index (χ0v) is 16.0. The molecule has 0 spiro atoms. The molecule has 4 nitrogen and oxygen atoms in total. The number of H-pyrrole nitrogens is 1. The lowest BCUT2D eigenvalue weighted by Gasteiger charge is -2.08. The highest BCUT2D eigenvalue weighted by molar-refractivity contribution is 7.09. The third-order valence-electron chi connectivity index (χ3n) is 4.67. The Morgan fingerprint density at radius 2 is 1.96 bits per heavy atom. The quantitative estimate of drug-likeness (QED) is 0.613. The average Bonchev–Trinajstić information content (AvgIpc) is 3.12. The summed E-state index contributed by atoms with van der Waals surface area (Å²) in [6.07, 6.45) is 3.38. The number of hydrogen-bond donors (Lipinski definition) is 2. The molecule has 0 saturated carbocycles. The molecule has 0 bridgehead atoms. The van der Waals surface area contributed by atoms with E-state index in [1.54, 1.807) is 11.3 Å². The second kappa shape index (κ2) is 8.32. The molecule has 0 unspecified atom stereocenters. The van der Waals surface area contributed by atoms with Crippen LogP contribution in [0.5, 0.6) is 0 Å². The summed E-state index contributed by atoms with van der Waals surface area (Å²) < 4.78 is 0. The molecule has 0 saturated heterocycles. The molecule has 1 aromatic carbocycles. The Morgan fingerprint density at radius 1 is 1.15 bits per heavy atom. The number of aromatic amines is 1. The van der Waals surface area contributed by atoms with Crippen LogP contribution in [0.3, 0.4) is 0 Å². The van der Waals surface area contributed by atoms with Crippen LogP contribution in [0.25, 0.3) is 10.9 Å². The number of thiophene rings is 1. The number of rotatable bonds is 7. The second-order valence-electron chi connectivity index (χ2n) is 6.71. The molecule has 3 aromatic rings. The van der Waals surface area contributed by atoms with Crippen LogP contribution in [-0.4, -0.2) is 10.9 Å². The predicted octanol–water partition coefficient (Wildman–Crippen LogP) is 4.24. The van der Waals surface area contributed by atoms with Gasteiger partial charge in [0.25, 0.3) is 5.56 Å². The predicted molar refractivity (Wildman–Crippen MR) is 108 cm³/mol. The fourth-order valence-electron chi connectivity index (χ4n) is 2.98. The molecule has 136 valence electrons. The zero-order chi connectivity index (χ0) is 18.5. The van der Waals surface area contributed by atoms with Gasteiger partial charge in [0.2, 0.25) is 5.91 Å². The van der Waals surface area contributed by atoms with E-state index in [4.69, 9.17) is 0 Å². The Balaban J connectivity index is 1.53. The van der Waals surface area contributed by atoms with Gasteiger partial charge in [0, 0.05) is 28.9 Å². The molecule has 3 rings (SSSR count). The summed E-state index contributed by atoms with van der Waals surface area (Å²) in [6, 6.07) is 10.1. The highest BCUT2D eigenvalue weighted by atomic mass is 32.1. The number of fused-ring (bicyclic) bond motifs is 1. The van der Waals surface area contributed by atoms with E-state index in [1.165, 1.54) is 10.4 Å². The van der Waals surface area contributed by atoms with E-state index in [1.807, 2.05) is 19.1 Å². The van der Waals surface area contributed by atoms with Crippen LogP contribution in [0, 0.1) is 13.8 Å². The molecular formula is C21H24N2O2S. The Morgan fingerprint density at radius 3 is 2.73 bits per heavy atom. The molecule has 5 heteroatoms. The Bertz CT molecular complexity index is 958. The lowest BCUT2D eigenvalue weighted by Crippen LogP contribution is -2.26. The minimum atomic E-state index is -0.140. The fourth-order valence-corrected chi connectivity index (χ4v) is 3.73. The summed E-state index contributed by atoms with van der Waals surface area (Å²) in [5.41, 5.74) is 3.62. The van der Waals surface area contributed by atoms with Crippen LogP contribution in [0.2, 0.25) is 0 Å². The fraction of sp³-hybridized carbons (Fsp3) is 0.333. The number of hydrogen-bond acceptors (Lipinski definition) is 3. The number of pyridine rings is 1. The van der Waals surface area contributed by atoms with Gasteiger partial charge in [0.15, 0.2) is 0 Å². The van der Waals surface area contributed by atoms with Crippen molar-refractivity contribution in [2.45, 2.75) is 46.1 Å². The van der Waals surface area contributed by atoms with Crippen molar-refractivity contribution in [2.24, 2.45) is 0 Å². The van der Waals surface area contributed by atoms with E-state index in [9.17, 15) is 9.59 Å². The third kappa shape index (κ3) is 4.61.